The number of carbonyl (C=O) groups excluding carboxylic acids is 1. The third kappa shape index (κ3) is 5.60. The summed E-state index contributed by atoms with van der Waals surface area (Å²) in [5.74, 6) is -1.03. The molecule has 1 amide bonds. The minimum Gasteiger partial charge on any atom is -0.444 e. The second-order valence-corrected chi connectivity index (χ2v) is 9.54. The Hall–Kier alpha value is -1.78. The minimum absolute atomic E-state index is 0.0677. The second kappa shape index (κ2) is 8.07. The summed E-state index contributed by atoms with van der Waals surface area (Å²) in [5.41, 5.74) is -0.525. The molecular formula is C17H23FN2O5S2. The van der Waals surface area contributed by atoms with Gasteiger partial charge in [0.2, 0.25) is 10.0 Å². The van der Waals surface area contributed by atoms with Crippen molar-refractivity contribution in [2.24, 2.45) is 11.1 Å². The summed E-state index contributed by atoms with van der Waals surface area (Å²) in [5, 5.41) is 5.00. The molecule has 1 aliphatic heterocycles. The Morgan fingerprint density at radius 2 is 1.89 bits per heavy atom. The number of piperidine rings is 1. The van der Waals surface area contributed by atoms with Crippen LogP contribution in [-0.2, 0) is 26.0 Å². The third-order valence-electron chi connectivity index (χ3n) is 4.14. The molecule has 0 atom stereocenters. The summed E-state index contributed by atoms with van der Waals surface area (Å²) in [6.07, 6.45) is 0.557. The van der Waals surface area contributed by atoms with Crippen LogP contribution in [0.1, 0.15) is 39.2 Å². The number of primary sulfonamides is 1. The molecule has 2 rings (SSSR count). The standard InChI is InChI=1S/C17H23FN2O5S2/c1-17(2,3)25-16(21)20-8-6-11(7-9-20)15(26-22)13-5-4-12(10-14(13)18)27(19,23)24/h4-5,10-11H,6-9H2,1-3H3,(H2,19,23,24). The van der Waals surface area contributed by atoms with Crippen LogP contribution in [0.5, 0.6) is 0 Å². The number of nitrogens with zero attached hydrogens (tertiary/aromatic N) is 1. The number of likely N-dealkylation sites (tertiary alicyclic amines) is 1. The predicted octanol–water partition coefficient (Wildman–Crippen LogP) is 1.85. The zero-order chi connectivity index (χ0) is 20.4. The molecule has 0 saturated carbocycles. The van der Waals surface area contributed by atoms with Crippen LogP contribution in [-0.4, -0.2) is 47.2 Å². The SMILES string of the molecule is CC(C)(C)OC(=O)N1CCC(C(=S=O)c2ccc(S(N)(=O)=O)cc2F)CC1. The summed E-state index contributed by atoms with van der Waals surface area (Å²) < 4.78 is 54.0. The van der Waals surface area contributed by atoms with Crippen molar-refractivity contribution in [3.8, 4) is 0 Å². The smallest absolute Gasteiger partial charge is 0.410 e. The van der Waals surface area contributed by atoms with E-state index >= 15 is 0 Å². The van der Waals surface area contributed by atoms with E-state index < -0.39 is 27.5 Å². The quantitative estimate of drug-likeness (QED) is 0.596. The first kappa shape index (κ1) is 21.5. The summed E-state index contributed by atoms with van der Waals surface area (Å²) in [4.78, 5) is 13.6. The molecule has 10 heteroatoms. The average molecular weight is 419 g/mol. The largest absolute Gasteiger partial charge is 0.444 e. The number of carbonyl (C=O) groups is 1. The van der Waals surface area contributed by atoms with Crippen molar-refractivity contribution in [2.45, 2.75) is 44.1 Å². The van der Waals surface area contributed by atoms with Crippen molar-refractivity contribution >= 4 is 32.2 Å². The van der Waals surface area contributed by atoms with Gasteiger partial charge in [-0.1, -0.05) is 0 Å². The highest BCUT2D eigenvalue weighted by molar-refractivity contribution is 7.89. The highest BCUT2D eigenvalue weighted by Gasteiger charge is 2.30. The lowest BCUT2D eigenvalue weighted by Gasteiger charge is -2.33. The molecule has 1 saturated heterocycles. The van der Waals surface area contributed by atoms with Gasteiger partial charge >= 0.3 is 6.09 Å². The van der Waals surface area contributed by atoms with E-state index in [0.717, 1.165) is 6.07 Å². The molecule has 7 nitrogen and oxygen atoms in total. The van der Waals surface area contributed by atoms with Gasteiger partial charge < -0.3 is 9.64 Å². The number of halogens is 1. The maximum atomic E-state index is 14.4. The third-order valence-corrected chi connectivity index (χ3v) is 5.79. The van der Waals surface area contributed by atoms with E-state index in [1.54, 1.807) is 25.7 Å². The Morgan fingerprint density at radius 1 is 1.30 bits per heavy atom. The summed E-state index contributed by atoms with van der Waals surface area (Å²) in [7, 11) is -4.02. The molecule has 0 aliphatic carbocycles. The highest BCUT2D eigenvalue weighted by Crippen LogP contribution is 2.25. The van der Waals surface area contributed by atoms with Crippen LogP contribution < -0.4 is 5.14 Å². The summed E-state index contributed by atoms with van der Waals surface area (Å²) >= 11 is 0.188. The molecule has 1 aromatic carbocycles. The molecule has 0 aromatic heterocycles. The number of amides is 1. The summed E-state index contributed by atoms with van der Waals surface area (Å²) in [6.45, 7) is 6.13. The molecule has 0 radical (unpaired) electrons. The lowest BCUT2D eigenvalue weighted by Crippen LogP contribution is -2.43. The fourth-order valence-corrected chi connectivity index (χ4v) is 4.01. The molecule has 0 spiro atoms. The van der Waals surface area contributed by atoms with Gasteiger partial charge in [-0.3, -0.25) is 0 Å². The van der Waals surface area contributed by atoms with E-state index in [1.807, 2.05) is 0 Å². The molecular weight excluding hydrogens is 395 g/mol. The van der Waals surface area contributed by atoms with Crippen LogP contribution in [0.4, 0.5) is 9.18 Å². The summed E-state index contributed by atoms with van der Waals surface area (Å²) in [6, 6.07) is 3.26. The minimum atomic E-state index is -4.02. The number of rotatable bonds is 3. The lowest BCUT2D eigenvalue weighted by molar-refractivity contribution is 0.0202. The van der Waals surface area contributed by atoms with Crippen LogP contribution in [0.2, 0.25) is 0 Å². The zero-order valence-corrected chi connectivity index (χ0v) is 17.0. The molecule has 1 fully saturated rings. The number of benzene rings is 1. The van der Waals surface area contributed by atoms with Crippen molar-refractivity contribution in [3.05, 3.63) is 29.6 Å². The van der Waals surface area contributed by atoms with Gasteiger partial charge in [-0.25, -0.2) is 27.0 Å². The Balaban J connectivity index is 2.13. The van der Waals surface area contributed by atoms with E-state index in [-0.39, 0.29) is 32.5 Å². The van der Waals surface area contributed by atoms with Crippen molar-refractivity contribution in [1.29, 1.82) is 0 Å². The van der Waals surface area contributed by atoms with Crippen molar-refractivity contribution in [2.75, 3.05) is 13.1 Å². The molecule has 1 aliphatic rings. The van der Waals surface area contributed by atoms with E-state index in [0.29, 0.717) is 25.9 Å². The van der Waals surface area contributed by atoms with Gasteiger partial charge in [0.15, 0.2) is 0 Å². The average Bonchev–Trinajstić information content (AvgIpc) is 2.55. The van der Waals surface area contributed by atoms with Crippen molar-refractivity contribution < 1.29 is 26.5 Å². The van der Waals surface area contributed by atoms with Crippen LogP contribution in [0.3, 0.4) is 0 Å². The Morgan fingerprint density at radius 3 is 2.33 bits per heavy atom. The van der Waals surface area contributed by atoms with Gasteiger partial charge in [-0.05, 0) is 51.8 Å². The topological polar surface area (TPSA) is 107 Å². The van der Waals surface area contributed by atoms with Gasteiger partial charge in [0.25, 0.3) is 0 Å². The van der Waals surface area contributed by atoms with E-state index in [1.165, 1.54) is 12.1 Å². The number of ether oxygens (including phenoxy) is 1. The first-order valence-electron chi connectivity index (χ1n) is 8.39. The van der Waals surface area contributed by atoms with Gasteiger partial charge in [0, 0.05) is 24.6 Å². The van der Waals surface area contributed by atoms with Crippen molar-refractivity contribution in [3.63, 3.8) is 0 Å². The fourth-order valence-electron chi connectivity index (χ4n) is 2.86. The Bertz CT molecular complexity index is 881. The number of hydrogen-bond acceptors (Lipinski definition) is 5. The lowest BCUT2D eigenvalue weighted by atomic mass is 9.90. The van der Waals surface area contributed by atoms with Crippen LogP contribution in [0.25, 0.3) is 0 Å². The van der Waals surface area contributed by atoms with Crippen molar-refractivity contribution in [1.82, 2.24) is 4.90 Å². The van der Waals surface area contributed by atoms with Crippen LogP contribution in [0, 0.1) is 11.7 Å². The normalized spacial score (nSPS) is 16.1. The molecule has 0 bridgehead atoms. The number of nitrogens with two attached hydrogens (primary N) is 1. The maximum absolute atomic E-state index is 14.4. The second-order valence-electron chi connectivity index (χ2n) is 7.38. The monoisotopic (exact) mass is 418 g/mol. The molecule has 2 N–H and O–H groups in total. The van der Waals surface area contributed by atoms with E-state index in [2.05, 4.69) is 0 Å². The molecule has 1 heterocycles. The fraction of sp³-hybridized carbons (Fsp3) is 0.529. The molecule has 27 heavy (non-hydrogen) atoms. The van der Waals surface area contributed by atoms with Crippen LogP contribution >= 0.6 is 0 Å². The maximum Gasteiger partial charge on any atom is 0.410 e. The first-order chi connectivity index (χ1) is 12.4. The van der Waals surface area contributed by atoms with Crippen LogP contribution in [0.15, 0.2) is 23.1 Å². The van der Waals surface area contributed by atoms with Gasteiger partial charge in [-0.15, -0.1) is 0 Å². The molecule has 1 aromatic rings. The molecule has 0 unspecified atom stereocenters. The highest BCUT2D eigenvalue weighted by atomic mass is 32.2. The predicted molar refractivity (Wildman–Crippen MR) is 101 cm³/mol. The Labute approximate surface area is 161 Å². The molecule has 150 valence electrons. The van der Waals surface area contributed by atoms with E-state index in [9.17, 15) is 21.8 Å². The number of hydrogen-bond donors (Lipinski definition) is 1. The van der Waals surface area contributed by atoms with Gasteiger partial charge in [-0.2, -0.15) is 0 Å². The van der Waals surface area contributed by atoms with E-state index in [4.69, 9.17) is 9.88 Å². The number of sulfonamides is 1. The first-order valence-corrected chi connectivity index (χ1v) is 10.7. The van der Waals surface area contributed by atoms with Gasteiger partial charge in [0.1, 0.15) is 11.4 Å². The zero-order valence-electron chi connectivity index (χ0n) is 15.4. The Kier molecular flexibility index (Phi) is 6.43. The van der Waals surface area contributed by atoms with Gasteiger partial charge in [0.05, 0.1) is 21.0 Å².